The normalized spacial score (nSPS) is 16.3. The summed E-state index contributed by atoms with van der Waals surface area (Å²) in [6.45, 7) is 4.27. The van der Waals surface area contributed by atoms with Gasteiger partial charge >= 0.3 is 0 Å². The van der Waals surface area contributed by atoms with Gasteiger partial charge in [0.15, 0.2) is 5.78 Å². The number of Topliss-reactive ketones (excluding diaryl/α,β-unsaturated/α-hetero) is 1. The van der Waals surface area contributed by atoms with Gasteiger partial charge in [0.05, 0.1) is 16.0 Å². The maximum Gasteiger partial charge on any atom is 0.244 e. The Morgan fingerprint density at radius 3 is 2.35 bits per heavy atom. The first-order chi connectivity index (χ1) is 14.8. The van der Waals surface area contributed by atoms with Crippen LogP contribution in [0.4, 0.5) is 5.69 Å². The minimum atomic E-state index is -3.55. The maximum atomic E-state index is 12.9. The molecule has 2 heterocycles. The van der Waals surface area contributed by atoms with Crippen LogP contribution < -0.4 is 5.32 Å². The lowest BCUT2D eigenvalue weighted by Gasteiger charge is -2.19. The van der Waals surface area contributed by atoms with Crippen molar-refractivity contribution < 1.29 is 18.0 Å². The van der Waals surface area contributed by atoms with Crippen molar-refractivity contribution in [1.29, 1.82) is 0 Å². The molecule has 166 valence electrons. The molecule has 1 unspecified atom stereocenters. The van der Waals surface area contributed by atoms with E-state index in [0.717, 1.165) is 25.7 Å². The predicted molar refractivity (Wildman–Crippen MR) is 122 cm³/mol. The smallest absolute Gasteiger partial charge is 0.244 e. The number of carbonyl (C=O) groups excluding carboxylic acids is 2. The van der Waals surface area contributed by atoms with E-state index in [1.807, 2.05) is 0 Å². The van der Waals surface area contributed by atoms with Crippen LogP contribution >= 0.6 is 11.8 Å². The molecule has 3 rings (SSSR count). The van der Waals surface area contributed by atoms with Crippen LogP contribution in [-0.4, -0.2) is 47.7 Å². The molecule has 1 atom stereocenters. The number of sulfonamides is 1. The fourth-order valence-electron chi connectivity index (χ4n) is 3.39. The van der Waals surface area contributed by atoms with E-state index in [-0.39, 0.29) is 16.6 Å². The highest BCUT2D eigenvalue weighted by Crippen LogP contribution is 2.26. The van der Waals surface area contributed by atoms with Crippen molar-refractivity contribution in [3.8, 4) is 0 Å². The van der Waals surface area contributed by atoms with Gasteiger partial charge < -0.3 is 5.32 Å². The molecule has 31 heavy (non-hydrogen) atoms. The van der Waals surface area contributed by atoms with Crippen molar-refractivity contribution in [2.45, 2.75) is 54.7 Å². The summed E-state index contributed by atoms with van der Waals surface area (Å²) in [5.41, 5.74) is 0.925. The molecule has 1 aliphatic heterocycles. The highest BCUT2D eigenvalue weighted by molar-refractivity contribution is 8.00. The van der Waals surface area contributed by atoms with Gasteiger partial charge in [-0.05, 0) is 51.0 Å². The summed E-state index contributed by atoms with van der Waals surface area (Å²) in [4.78, 5) is 28.8. The lowest BCUT2D eigenvalue weighted by Crippen LogP contribution is -2.32. The average molecular weight is 462 g/mol. The first-order valence-electron chi connectivity index (χ1n) is 10.3. The summed E-state index contributed by atoms with van der Waals surface area (Å²) in [5, 5.41) is 2.85. The van der Waals surface area contributed by atoms with Crippen molar-refractivity contribution in [3.63, 3.8) is 0 Å². The molecule has 1 saturated heterocycles. The predicted octanol–water partition coefficient (Wildman–Crippen LogP) is 3.97. The number of anilines is 1. The Balaban J connectivity index is 1.65. The zero-order valence-electron chi connectivity index (χ0n) is 17.7. The highest BCUT2D eigenvalue weighted by Gasteiger charge is 2.26. The highest BCUT2D eigenvalue weighted by atomic mass is 32.2. The van der Waals surface area contributed by atoms with E-state index in [0.29, 0.717) is 29.4 Å². The minimum Gasteiger partial charge on any atom is -0.324 e. The molecular formula is C22H27N3O4S2. The molecule has 1 aromatic carbocycles. The second-order valence-electron chi connectivity index (χ2n) is 7.50. The van der Waals surface area contributed by atoms with Gasteiger partial charge in [0.1, 0.15) is 4.90 Å². The summed E-state index contributed by atoms with van der Waals surface area (Å²) in [6.07, 6.45) is 5.21. The van der Waals surface area contributed by atoms with Gasteiger partial charge in [0.2, 0.25) is 15.9 Å². The SMILES string of the molecule is CC(=O)c1ccccc1NC(=O)C(C)Sc1ccc(S(=O)(=O)N2CCCCCC2)cn1. The Morgan fingerprint density at radius 2 is 1.74 bits per heavy atom. The standard InChI is InChI=1S/C22H27N3O4S2/c1-16(26)19-9-5-6-10-20(19)24-22(27)17(2)30-21-12-11-18(15-23-21)31(28,29)25-13-7-3-4-8-14-25/h5-6,9-12,15,17H,3-4,7-8,13-14H2,1-2H3,(H,24,27). The third-order valence-corrected chi connectivity index (χ3v) is 8.08. The van der Waals surface area contributed by atoms with Crippen molar-refractivity contribution in [3.05, 3.63) is 48.2 Å². The largest absolute Gasteiger partial charge is 0.324 e. The number of nitrogens with one attached hydrogen (secondary N) is 1. The lowest BCUT2D eigenvalue weighted by molar-refractivity contribution is -0.115. The topological polar surface area (TPSA) is 96.4 Å². The van der Waals surface area contributed by atoms with Crippen LogP contribution in [0.3, 0.4) is 0 Å². The number of hydrogen-bond acceptors (Lipinski definition) is 6. The van der Waals surface area contributed by atoms with Gasteiger partial charge in [-0.25, -0.2) is 13.4 Å². The Kier molecular flexibility index (Phi) is 7.85. The van der Waals surface area contributed by atoms with Crippen molar-refractivity contribution in [2.24, 2.45) is 0 Å². The van der Waals surface area contributed by atoms with Crippen LogP contribution in [0.2, 0.25) is 0 Å². The average Bonchev–Trinajstić information content (AvgIpc) is 3.04. The second-order valence-corrected chi connectivity index (χ2v) is 10.8. The molecule has 1 fully saturated rings. The van der Waals surface area contributed by atoms with Gasteiger partial charge in [-0.3, -0.25) is 9.59 Å². The number of hydrogen-bond donors (Lipinski definition) is 1. The molecule has 1 aliphatic rings. The Hall–Kier alpha value is -2.23. The van der Waals surface area contributed by atoms with Crippen molar-refractivity contribution in [1.82, 2.24) is 9.29 Å². The van der Waals surface area contributed by atoms with Gasteiger partial charge in [-0.1, -0.05) is 36.7 Å². The zero-order valence-corrected chi connectivity index (χ0v) is 19.3. The number of carbonyl (C=O) groups is 2. The number of benzene rings is 1. The molecule has 9 heteroatoms. The minimum absolute atomic E-state index is 0.126. The van der Waals surface area contributed by atoms with Crippen LogP contribution in [-0.2, 0) is 14.8 Å². The van der Waals surface area contributed by atoms with Gasteiger partial charge in [-0.15, -0.1) is 0 Å². The van der Waals surface area contributed by atoms with Crippen LogP contribution in [0.1, 0.15) is 49.9 Å². The number of ketones is 1. The Morgan fingerprint density at radius 1 is 1.06 bits per heavy atom. The zero-order chi connectivity index (χ0) is 22.4. The van der Waals surface area contributed by atoms with E-state index in [9.17, 15) is 18.0 Å². The van der Waals surface area contributed by atoms with E-state index in [1.165, 1.54) is 29.2 Å². The van der Waals surface area contributed by atoms with Gasteiger partial charge in [0.25, 0.3) is 0 Å². The number of para-hydroxylation sites is 1. The molecule has 1 aromatic heterocycles. The van der Waals surface area contributed by atoms with E-state index in [4.69, 9.17) is 0 Å². The second kappa shape index (κ2) is 10.4. The third kappa shape index (κ3) is 5.93. The molecule has 0 bridgehead atoms. The van der Waals surface area contributed by atoms with E-state index >= 15 is 0 Å². The first kappa shape index (κ1) is 23.4. The van der Waals surface area contributed by atoms with E-state index in [1.54, 1.807) is 43.3 Å². The number of pyridine rings is 1. The molecule has 0 spiro atoms. The van der Waals surface area contributed by atoms with Crippen molar-refractivity contribution >= 4 is 39.2 Å². The van der Waals surface area contributed by atoms with Crippen molar-refractivity contribution in [2.75, 3.05) is 18.4 Å². The molecule has 7 nitrogen and oxygen atoms in total. The van der Waals surface area contributed by atoms with Crippen LogP contribution in [0, 0.1) is 0 Å². The van der Waals surface area contributed by atoms with E-state index < -0.39 is 15.3 Å². The quantitative estimate of drug-likeness (QED) is 0.495. The first-order valence-corrected chi connectivity index (χ1v) is 12.6. The summed E-state index contributed by atoms with van der Waals surface area (Å²) in [5.74, 6) is -0.388. The molecule has 0 saturated carbocycles. The number of thioether (sulfide) groups is 1. The molecule has 1 N–H and O–H groups in total. The Bertz CT molecular complexity index is 1030. The summed E-state index contributed by atoms with van der Waals surface area (Å²) < 4.78 is 27.3. The number of aromatic nitrogens is 1. The molecular weight excluding hydrogens is 434 g/mol. The molecule has 0 radical (unpaired) electrons. The molecule has 2 aromatic rings. The number of nitrogens with zero attached hydrogens (tertiary/aromatic N) is 2. The summed E-state index contributed by atoms with van der Waals surface area (Å²) >= 11 is 1.23. The monoisotopic (exact) mass is 461 g/mol. The van der Waals surface area contributed by atoms with Crippen LogP contribution in [0.5, 0.6) is 0 Å². The summed E-state index contributed by atoms with van der Waals surface area (Å²) in [7, 11) is -3.55. The van der Waals surface area contributed by atoms with Gasteiger partial charge in [-0.2, -0.15) is 4.31 Å². The fraction of sp³-hybridized carbons (Fsp3) is 0.409. The lowest BCUT2D eigenvalue weighted by atomic mass is 10.1. The van der Waals surface area contributed by atoms with E-state index in [2.05, 4.69) is 10.3 Å². The number of rotatable bonds is 7. The number of amides is 1. The summed E-state index contributed by atoms with van der Waals surface area (Å²) in [6, 6.07) is 10.0. The Labute approximate surface area is 187 Å². The van der Waals surface area contributed by atoms with Gasteiger partial charge in [0, 0.05) is 24.8 Å². The molecule has 1 amide bonds. The molecule has 0 aliphatic carbocycles. The van der Waals surface area contributed by atoms with Crippen LogP contribution in [0.25, 0.3) is 0 Å². The van der Waals surface area contributed by atoms with Crippen LogP contribution in [0.15, 0.2) is 52.5 Å². The maximum absolute atomic E-state index is 12.9. The third-order valence-electron chi connectivity index (χ3n) is 5.14. The fourth-order valence-corrected chi connectivity index (χ4v) is 5.64.